The first-order valence-electron chi connectivity index (χ1n) is 6.52. The van der Waals surface area contributed by atoms with Gasteiger partial charge in [-0.05, 0) is 23.9 Å². The van der Waals surface area contributed by atoms with E-state index >= 15 is 0 Å². The fourth-order valence-corrected chi connectivity index (χ4v) is 1.86. The van der Waals surface area contributed by atoms with E-state index in [4.69, 9.17) is 10.3 Å². The molecule has 0 saturated carbocycles. The fourth-order valence-electron chi connectivity index (χ4n) is 1.86. The Morgan fingerprint density at radius 1 is 1.38 bits per heavy atom. The number of carbonyl (C=O) groups is 2. The Hall–Kier alpha value is -2.53. The minimum Gasteiger partial charge on any atom is -0.467 e. The van der Waals surface area contributed by atoms with Crippen molar-refractivity contribution in [1.82, 2.24) is 5.32 Å². The Labute approximate surface area is 122 Å². The van der Waals surface area contributed by atoms with Gasteiger partial charge in [-0.1, -0.05) is 37.2 Å². The third kappa shape index (κ3) is 4.81. The van der Waals surface area contributed by atoms with Crippen molar-refractivity contribution >= 4 is 17.6 Å². The highest BCUT2D eigenvalue weighted by atomic mass is 16.5. The lowest BCUT2D eigenvalue weighted by Crippen LogP contribution is -2.42. The Morgan fingerprint density at radius 3 is 2.62 bits per heavy atom. The predicted molar refractivity (Wildman–Crippen MR) is 78.0 cm³/mol. The highest BCUT2D eigenvalue weighted by molar-refractivity contribution is 6.00. The minimum atomic E-state index is -0.735. The fraction of sp³-hybridized carbons (Fsp3) is 0.429. The molecule has 0 radical (unpaired) electrons. The lowest BCUT2D eigenvalue weighted by molar-refractivity contribution is -0.143. The summed E-state index contributed by atoms with van der Waals surface area (Å²) >= 11 is 0. The monoisotopic (exact) mass is 290 g/mol. The van der Waals surface area contributed by atoms with Gasteiger partial charge in [0.2, 0.25) is 0 Å². The van der Waals surface area contributed by atoms with Crippen LogP contribution in [0.2, 0.25) is 0 Å². The molecule has 0 fully saturated rings. The zero-order valence-corrected chi connectivity index (χ0v) is 12.2. The third-order valence-corrected chi connectivity index (χ3v) is 2.80. The molecule has 112 valence electrons. The molecular formula is C14H18N4O3. The van der Waals surface area contributed by atoms with Gasteiger partial charge in [-0.2, -0.15) is 0 Å². The van der Waals surface area contributed by atoms with Gasteiger partial charge in [-0.15, -0.1) is 0 Å². The molecule has 0 aliphatic carbocycles. The first-order chi connectivity index (χ1) is 9.99. The van der Waals surface area contributed by atoms with Crippen LogP contribution < -0.4 is 5.32 Å². The van der Waals surface area contributed by atoms with Crippen LogP contribution in [0.3, 0.4) is 0 Å². The molecule has 7 nitrogen and oxygen atoms in total. The molecule has 0 aromatic heterocycles. The number of azide groups is 1. The largest absolute Gasteiger partial charge is 0.467 e. The van der Waals surface area contributed by atoms with Crippen molar-refractivity contribution in [2.45, 2.75) is 26.3 Å². The highest BCUT2D eigenvalue weighted by Crippen LogP contribution is 2.19. The van der Waals surface area contributed by atoms with Crippen molar-refractivity contribution in [3.63, 3.8) is 0 Å². The smallest absolute Gasteiger partial charge is 0.328 e. The van der Waals surface area contributed by atoms with Crippen molar-refractivity contribution in [2.75, 3.05) is 7.11 Å². The standard InChI is InChI=1S/C14H18N4O3/c1-9(2)8-12(14(20)21-3)16-13(19)10-6-4-5-7-11(10)17-18-15/h4-7,9,12H,8H2,1-3H3,(H,16,19)/t12-/m0/s1. The molecule has 1 N–H and O–H groups in total. The number of nitrogens with one attached hydrogen (secondary N) is 1. The van der Waals surface area contributed by atoms with Gasteiger partial charge in [0.25, 0.3) is 5.91 Å². The van der Waals surface area contributed by atoms with Gasteiger partial charge in [0.05, 0.1) is 12.8 Å². The van der Waals surface area contributed by atoms with E-state index in [1.54, 1.807) is 12.1 Å². The number of ether oxygens (including phenoxy) is 1. The zero-order chi connectivity index (χ0) is 15.8. The number of benzene rings is 1. The zero-order valence-electron chi connectivity index (χ0n) is 12.2. The van der Waals surface area contributed by atoms with E-state index in [0.717, 1.165) is 0 Å². The predicted octanol–water partition coefficient (Wildman–Crippen LogP) is 2.95. The van der Waals surface area contributed by atoms with Crippen LogP contribution in [-0.2, 0) is 9.53 Å². The average molecular weight is 290 g/mol. The summed E-state index contributed by atoms with van der Waals surface area (Å²) in [5.41, 5.74) is 8.93. The summed E-state index contributed by atoms with van der Waals surface area (Å²) in [6.45, 7) is 3.88. The summed E-state index contributed by atoms with van der Waals surface area (Å²) in [5.74, 6) is -0.769. The summed E-state index contributed by atoms with van der Waals surface area (Å²) in [5, 5.41) is 6.08. The number of nitrogens with zero attached hydrogens (tertiary/aromatic N) is 3. The Bertz CT molecular complexity index is 565. The van der Waals surface area contributed by atoms with Gasteiger partial charge >= 0.3 is 5.97 Å². The van der Waals surface area contributed by atoms with Crippen LogP contribution in [0, 0.1) is 5.92 Å². The van der Waals surface area contributed by atoms with Crippen LogP contribution in [0.15, 0.2) is 29.4 Å². The quantitative estimate of drug-likeness (QED) is 0.377. The molecule has 0 spiro atoms. The Kier molecular flexibility index (Phi) is 6.23. The first kappa shape index (κ1) is 16.5. The average Bonchev–Trinajstić information content (AvgIpc) is 2.46. The normalized spacial score (nSPS) is 11.4. The van der Waals surface area contributed by atoms with Gasteiger partial charge in [0, 0.05) is 10.5 Å². The molecule has 0 unspecified atom stereocenters. The summed E-state index contributed by atoms with van der Waals surface area (Å²) in [4.78, 5) is 26.6. The molecule has 1 amide bonds. The molecule has 21 heavy (non-hydrogen) atoms. The van der Waals surface area contributed by atoms with Gasteiger partial charge in [0.15, 0.2) is 0 Å². The van der Waals surface area contributed by atoms with E-state index < -0.39 is 17.9 Å². The maximum atomic E-state index is 12.3. The molecule has 0 bridgehead atoms. The van der Waals surface area contributed by atoms with Gasteiger partial charge < -0.3 is 10.1 Å². The van der Waals surface area contributed by atoms with E-state index in [1.807, 2.05) is 13.8 Å². The van der Waals surface area contributed by atoms with Crippen molar-refractivity contribution < 1.29 is 14.3 Å². The van der Waals surface area contributed by atoms with E-state index in [9.17, 15) is 9.59 Å². The van der Waals surface area contributed by atoms with Crippen molar-refractivity contribution in [1.29, 1.82) is 0 Å². The van der Waals surface area contributed by atoms with E-state index in [0.29, 0.717) is 6.42 Å². The Morgan fingerprint density at radius 2 is 2.05 bits per heavy atom. The summed E-state index contributed by atoms with van der Waals surface area (Å²) in [6, 6.07) is 5.64. The van der Waals surface area contributed by atoms with Crippen LogP contribution in [0.4, 0.5) is 5.69 Å². The lowest BCUT2D eigenvalue weighted by Gasteiger charge is -2.18. The lowest BCUT2D eigenvalue weighted by atomic mass is 10.0. The topological polar surface area (TPSA) is 104 Å². The molecule has 1 aromatic rings. The molecule has 0 aliphatic rings. The number of carbonyl (C=O) groups excluding carboxylic acids is 2. The SMILES string of the molecule is COC(=O)[C@H](CC(C)C)NC(=O)c1ccccc1N=[N+]=[N-]. The van der Waals surface area contributed by atoms with Crippen molar-refractivity contribution in [3.05, 3.63) is 40.3 Å². The van der Waals surface area contributed by atoms with Crippen LogP contribution in [-0.4, -0.2) is 25.0 Å². The molecule has 1 aromatic carbocycles. The number of rotatable bonds is 6. The summed E-state index contributed by atoms with van der Waals surface area (Å²) in [6.07, 6.45) is 0.460. The molecule has 1 rings (SSSR count). The van der Waals surface area contributed by atoms with Crippen LogP contribution in [0.1, 0.15) is 30.6 Å². The number of hydrogen-bond donors (Lipinski definition) is 1. The van der Waals surface area contributed by atoms with Crippen LogP contribution in [0.25, 0.3) is 10.4 Å². The first-order valence-corrected chi connectivity index (χ1v) is 6.52. The molecule has 0 saturated heterocycles. The second-order valence-corrected chi connectivity index (χ2v) is 4.89. The number of esters is 1. The van der Waals surface area contributed by atoms with E-state index in [-0.39, 0.29) is 17.2 Å². The van der Waals surface area contributed by atoms with Crippen molar-refractivity contribution in [3.8, 4) is 0 Å². The molecule has 7 heteroatoms. The maximum Gasteiger partial charge on any atom is 0.328 e. The minimum absolute atomic E-state index is 0.210. The maximum absolute atomic E-state index is 12.3. The molecule has 1 atom stereocenters. The van der Waals surface area contributed by atoms with Gasteiger partial charge in [-0.3, -0.25) is 4.79 Å². The van der Waals surface area contributed by atoms with Crippen LogP contribution in [0.5, 0.6) is 0 Å². The van der Waals surface area contributed by atoms with E-state index in [1.165, 1.54) is 19.2 Å². The molecular weight excluding hydrogens is 272 g/mol. The second kappa shape index (κ2) is 7.91. The van der Waals surface area contributed by atoms with E-state index in [2.05, 4.69) is 15.3 Å². The van der Waals surface area contributed by atoms with Gasteiger partial charge in [-0.25, -0.2) is 4.79 Å². The summed E-state index contributed by atoms with van der Waals surface area (Å²) in [7, 11) is 1.27. The Balaban J connectivity index is 2.96. The number of hydrogen-bond acceptors (Lipinski definition) is 4. The van der Waals surface area contributed by atoms with Crippen molar-refractivity contribution in [2.24, 2.45) is 11.0 Å². The molecule has 0 heterocycles. The number of methoxy groups -OCH3 is 1. The summed E-state index contributed by atoms with van der Waals surface area (Å²) < 4.78 is 4.69. The molecule has 0 aliphatic heterocycles. The van der Waals surface area contributed by atoms with Crippen LogP contribution >= 0.6 is 0 Å². The van der Waals surface area contributed by atoms with Gasteiger partial charge in [0.1, 0.15) is 6.04 Å². The highest BCUT2D eigenvalue weighted by Gasteiger charge is 2.23. The third-order valence-electron chi connectivity index (χ3n) is 2.80. The number of amides is 1. The second-order valence-electron chi connectivity index (χ2n) is 4.89.